The molecule has 0 radical (unpaired) electrons. The second kappa shape index (κ2) is 15.1. The molecule has 2 aliphatic rings. The van der Waals surface area contributed by atoms with E-state index in [1.807, 2.05) is 24.5 Å². The maximum atomic E-state index is 5.19. The first-order chi connectivity index (χ1) is 33.2. The summed E-state index contributed by atoms with van der Waals surface area (Å²) in [4.78, 5) is 19.8. The number of aromatic nitrogens is 4. The van der Waals surface area contributed by atoms with Crippen LogP contribution in [0.1, 0.15) is 49.9 Å². The largest absolute Gasteiger partial charge is 0.256 e. The Labute approximate surface area is 396 Å². The van der Waals surface area contributed by atoms with E-state index in [-0.39, 0.29) is 10.8 Å². The van der Waals surface area contributed by atoms with E-state index in [2.05, 4.69) is 210 Å². The van der Waals surface area contributed by atoms with Crippen molar-refractivity contribution in [3.8, 4) is 89.5 Å². The zero-order chi connectivity index (χ0) is 45.7. The van der Waals surface area contributed by atoms with Crippen molar-refractivity contribution in [2.24, 2.45) is 0 Å². The first-order valence-corrected chi connectivity index (χ1v) is 23.5. The van der Waals surface area contributed by atoms with E-state index in [1.54, 1.807) is 0 Å². The summed E-state index contributed by atoms with van der Waals surface area (Å²) in [7, 11) is 0. The van der Waals surface area contributed by atoms with E-state index in [0.717, 1.165) is 66.8 Å². The van der Waals surface area contributed by atoms with Crippen molar-refractivity contribution in [1.82, 2.24) is 19.9 Å². The molecule has 0 spiro atoms. The van der Waals surface area contributed by atoms with Gasteiger partial charge in [-0.2, -0.15) is 0 Å². The number of para-hydroxylation sites is 2. The van der Waals surface area contributed by atoms with Crippen molar-refractivity contribution in [3.63, 3.8) is 0 Å². The Morgan fingerprint density at radius 2 is 0.603 bits per heavy atom. The molecule has 11 aromatic rings. The van der Waals surface area contributed by atoms with Gasteiger partial charge in [0.2, 0.25) is 0 Å². The molecule has 2 aliphatic carbocycles. The Bertz CT molecular complexity index is 3600. The summed E-state index contributed by atoms with van der Waals surface area (Å²) in [5, 5.41) is 2.23. The highest BCUT2D eigenvalue weighted by molar-refractivity contribution is 5.95. The molecule has 0 saturated heterocycles. The van der Waals surface area contributed by atoms with Crippen LogP contribution < -0.4 is 0 Å². The number of rotatable bonds is 6. The molecule has 4 heterocycles. The highest BCUT2D eigenvalue weighted by Crippen LogP contribution is 2.52. The number of hydrogen-bond donors (Lipinski definition) is 0. The quantitative estimate of drug-likeness (QED) is 0.167. The molecule has 0 saturated carbocycles. The summed E-state index contributed by atoms with van der Waals surface area (Å²) >= 11 is 0. The summed E-state index contributed by atoms with van der Waals surface area (Å²) in [6, 6.07) is 70.3. The van der Waals surface area contributed by atoms with Crippen LogP contribution in [0.5, 0.6) is 0 Å². The molecule has 0 N–H and O–H groups in total. The number of benzene rings is 7. The van der Waals surface area contributed by atoms with Crippen LogP contribution in [0.25, 0.3) is 111 Å². The van der Waals surface area contributed by atoms with Crippen LogP contribution in [0.2, 0.25) is 0 Å². The zero-order valence-electron chi connectivity index (χ0n) is 38.4. The Morgan fingerprint density at radius 3 is 1.01 bits per heavy atom. The maximum Gasteiger partial charge on any atom is 0.0795 e. The van der Waals surface area contributed by atoms with Gasteiger partial charge in [0, 0.05) is 56.2 Å². The van der Waals surface area contributed by atoms with Gasteiger partial charge in [-0.1, -0.05) is 161 Å². The van der Waals surface area contributed by atoms with E-state index >= 15 is 0 Å². The normalized spacial score (nSPS) is 13.8. The number of hydrogen-bond acceptors (Lipinski definition) is 4. The number of pyridine rings is 4. The number of fused-ring (bicyclic) bond motifs is 8. The van der Waals surface area contributed by atoms with Gasteiger partial charge in [-0.25, -0.2) is 9.97 Å². The molecule has 4 heteroatoms. The monoisotopic (exact) mass is 870 g/mol. The van der Waals surface area contributed by atoms with Crippen molar-refractivity contribution in [2.75, 3.05) is 0 Å². The number of nitrogens with zero attached hydrogens (tertiary/aromatic N) is 4. The fraction of sp³-hybridized carbons (Fsp3) is 0.0938. The Balaban J connectivity index is 0.763. The molecule has 68 heavy (non-hydrogen) atoms. The van der Waals surface area contributed by atoms with Crippen LogP contribution in [-0.2, 0) is 10.8 Å². The minimum atomic E-state index is -0.181. The third-order valence-corrected chi connectivity index (χ3v) is 14.8. The summed E-state index contributed by atoms with van der Waals surface area (Å²) in [5.41, 5.74) is 25.1. The molecule has 0 amide bonds. The molecule has 4 nitrogen and oxygen atoms in total. The van der Waals surface area contributed by atoms with Gasteiger partial charge >= 0.3 is 0 Å². The third kappa shape index (κ3) is 6.28. The molecule has 322 valence electrons. The second-order valence-electron chi connectivity index (χ2n) is 19.4. The van der Waals surface area contributed by atoms with Crippen molar-refractivity contribution < 1.29 is 0 Å². The van der Waals surface area contributed by atoms with Gasteiger partial charge in [0.15, 0.2) is 0 Å². The second-order valence-corrected chi connectivity index (χ2v) is 19.4. The van der Waals surface area contributed by atoms with Gasteiger partial charge in [-0.15, -0.1) is 0 Å². The Hall–Kier alpha value is -8.34. The molecular formula is C64H46N4. The minimum absolute atomic E-state index is 0.181. The highest BCUT2D eigenvalue weighted by atomic mass is 14.7. The molecule has 0 fully saturated rings. The van der Waals surface area contributed by atoms with Gasteiger partial charge in [-0.05, 0) is 127 Å². The lowest BCUT2D eigenvalue weighted by Crippen LogP contribution is -2.15. The average Bonchev–Trinajstić information content (AvgIpc) is 3.76. The van der Waals surface area contributed by atoms with Crippen molar-refractivity contribution in [1.29, 1.82) is 0 Å². The highest BCUT2D eigenvalue weighted by Gasteiger charge is 2.37. The molecule has 0 bridgehead atoms. The lowest BCUT2D eigenvalue weighted by atomic mass is 9.80. The van der Waals surface area contributed by atoms with Crippen LogP contribution in [0.4, 0.5) is 0 Å². The van der Waals surface area contributed by atoms with Crippen LogP contribution >= 0.6 is 0 Å². The van der Waals surface area contributed by atoms with E-state index in [0.29, 0.717) is 0 Å². The molecule has 0 atom stereocenters. The van der Waals surface area contributed by atoms with Gasteiger partial charge in [0.1, 0.15) is 0 Å². The first kappa shape index (κ1) is 40.0. The molecular weight excluding hydrogens is 825 g/mol. The van der Waals surface area contributed by atoms with Gasteiger partial charge in [-0.3, -0.25) is 9.97 Å². The molecule has 0 aliphatic heterocycles. The third-order valence-electron chi connectivity index (χ3n) is 14.8. The topological polar surface area (TPSA) is 51.6 Å². The fourth-order valence-electron chi connectivity index (χ4n) is 11.1. The summed E-state index contributed by atoms with van der Waals surface area (Å²) < 4.78 is 0. The summed E-state index contributed by atoms with van der Waals surface area (Å²) in [5.74, 6) is 0. The maximum absolute atomic E-state index is 5.19. The molecule has 13 rings (SSSR count). The van der Waals surface area contributed by atoms with Crippen molar-refractivity contribution >= 4 is 21.8 Å². The van der Waals surface area contributed by atoms with Gasteiger partial charge in [0.25, 0.3) is 0 Å². The lowest BCUT2D eigenvalue weighted by molar-refractivity contribution is 0.660. The van der Waals surface area contributed by atoms with E-state index < -0.39 is 0 Å². The van der Waals surface area contributed by atoms with Crippen molar-refractivity contribution in [2.45, 2.75) is 38.5 Å². The van der Waals surface area contributed by atoms with Gasteiger partial charge < -0.3 is 0 Å². The average molecular weight is 871 g/mol. The van der Waals surface area contributed by atoms with Crippen LogP contribution in [-0.4, -0.2) is 19.9 Å². The van der Waals surface area contributed by atoms with Crippen LogP contribution in [0.3, 0.4) is 0 Å². The van der Waals surface area contributed by atoms with E-state index in [1.165, 1.54) is 66.8 Å². The first-order valence-electron chi connectivity index (χ1n) is 23.5. The Kier molecular flexibility index (Phi) is 8.88. The van der Waals surface area contributed by atoms with Crippen molar-refractivity contribution in [3.05, 3.63) is 229 Å². The lowest BCUT2D eigenvalue weighted by Gasteiger charge is -2.23. The molecule has 4 aromatic heterocycles. The van der Waals surface area contributed by atoms with Crippen LogP contribution in [0.15, 0.2) is 207 Å². The predicted molar refractivity (Wildman–Crippen MR) is 280 cm³/mol. The summed E-state index contributed by atoms with van der Waals surface area (Å²) in [6.07, 6.45) is 3.71. The van der Waals surface area contributed by atoms with E-state index in [9.17, 15) is 0 Å². The zero-order valence-corrected chi connectivity index (χ0v) is 38.4. The van der Waals surface area contributed by atoms with Crippen LogP contribution in [0, 0.1) is 0 Å². The standard InChI is InChI=1S/C64H46N4/c1-63(2)53-35-43(25-29-47(53)49-31-27-45(37-55(49)63)57-17-7-19-59(67-57)51-15-5-11-41-13-9-33-65-61(41)51)39-21-23-40(24-22-39)44-26-30-48-50-32-28-46(38-56(50)64(3,4)54(48)36-44)58-18-8-20-60(68-58)52-16-6-12-42-14-10-34-66-62(42)52/h5-38H,1-4H3. The minimum Gasteiger partial charge on any atom is -0.256 e. The predicted octanol–water partition coefficient (Wildman–Crippen LogP) is 16.2. The fourth-order valence-corrected chi connectivity index (χ4v) is 11.1. The SMILES string of the molecule is CC1(C)c2cc(-c3ccc(-c4ccc5c(c4)C(C)(C)c4cc(-c6cccc(-c7cccc8cccnc78)n6)ccc4-5)cc3)ccc2-c2ccc(-c3cccc(-c4cccc5cccnc45)n3)cc21. The smallest absolute Gasteiger partial charge is 0.0795 e. The summed E-state index contributed by atoms with van der Waals surface area (Å²) in [6.45, 7) is 9.42. The van der Waals surface area contributed by atoms with Gasteiger partial charge in [0.05, 0.1) is 33.8 Å². The van der Waals surface area contributed by atoms with E-state index in [4.69, 9.17) is 19.9 Å². The molecule has 7 aromatic carbocycles. The molecule has 0 unspecified atom stereocenters. The Morgan fingerprint density at radius 1 is 0.279 bits per heavy atom.